The van der Waals surface area contributed by atoms with Gasteiger partial charge in [-0.2, -0.15) is 0 Å². The van der Waals surface area contributed by atoms with Crippen LogP contribution in [-0.4, -0.2) is 47.1 Å². The van der Waals surface area contributed by atoms with Crippen LogP contribution in [-0.2, 0) is 4.79 Å². The van der Waals surface area contributed by atoms with Gasteiger partial charge < -0.3 is 15.1 Å². The zero-order chi connectivity index (χ0) is 23.2. The molecule has 0 bridgehead atoms. The van der Waals surface area contributed by atoms with E-state index in [9.17, 15) is 19.4 Å². The zero-order valence-corrected chi connectivity index (χ0v) is 18.9. The highest BCUT2D eigenvalue weighted by atomic mass is 19.1. The highest BCUT2D eigenvalue weighted by Crippen LogP contribution is 2.32. The van der Waals surface area contributed by atoms with Crippen LogP contribution < -0.4 is 0 Å². The van der Waals surface area contributed by atoms with Gasteiger partial charge in [-0.05, 0) is 78.4 Å². The fourth-order valence-electron chi connectivity index (χ4n) is 4.94. The number of hydrogen-bond acceptors (Lipinski definition) is 4. The second kappa shape index (κ2) is 11.0. The third kappa shape index (κ3) is 5.85. The van der Waals surface area contributed by atoms with Crippen molar-refractivity contribution < 1.29 is 19.4 Å². The molecular formula is C28H32FNO3. The first-order valence-corrected chi connectivity index (χ1v) is 11.8. The Morgan fingerprint density at radius 2 is 1.64 bits per heavy atom. The summed E-state index contributed by atoms with van der Waals surface area (Å²) in [6, 6.07) is 20.3. The van der Waals surface area contributed by atoms with Crippen molar-refractivity contribution >= 4 is 16.6 Å². The van der Waals surface area contributed by atoms with E-state index in [2.05, 4.69) is 29.2 Å². The van der Waals surface area contributed by atoms with Gasteiger partial charge in [0.2, 0.25) is 0 Å². The summed E-state index contributed by atoms with van der Waals surface area (Å²) in [6.45, 7) is 2.29. The Bertz CT molecular complexity index is 1060. The lowest BCUT2D eigenvalue weighted by atomic mass is 9.86. The molecule has 0 radical (unpaired) electrons. The lowest BCUT2D eigenvalue weighted by Gasteiger charge is -2.34. The lowest BCUT2D eigenvalue weighted by Crippen LogP contribution is -2.37. The number of carbonyl (C=O) groups excluding carboxylic acids is 1. The second-order valence-corrected chi connectivity index (χ2v) is 9.06. The number of benzene rings is 3. The molecular weight excluding hydrogens is 417 g/mol. The average Bonchev–Trinajstić information content (AvgIpc) is 2.86. The molecule has 2 N–H and O–H groups in total. The molecule has 0 aliphatic carbocycles. The van der Waals surface area contributed by atoms with Gasteiger partial charge in [-0.3, -0.25) is 4.79 Å². The molecule has 3 aromatic rings. The van der Waals surface area contributed by atoms with Crippen LogP contribution in [0.3, 0.4) is 0 Å². The number of halogens is 1. The minimum Gasteiger partial charge on any atom is -0.396 e. The number of carbonyl (C=O) groups is 1. The predicted molar refractivity (Wildman–Crippen MR) is 129 cm³/mol. The number of Topliss-reactive ketones (excluding diaryl/α,β-unsaturated/α-hetero) is 1. The number of fused-ring (bicyclic) bond motifs is 1. The quantitative estimate of drug-likeness (QED) is 0.490. The zero-order valence-electron chi connectivity index (χ0n) is 18.9. The van der Waals surface area contributed by atoms with Crippen molar-refractivity contribution in [2.24, 2.45) is 5.92 Å². The Labute approximate surface area is 194 Å². The molecule has 4 nitrogen and oxygen atoms in total. The number of rotatable bonds is 9. The van der Waals surface area contributed by atoms with Crippen molar-refractivity contribution in [3.63, 3.8) is 0 Å². The number of nitrogens with zero attached hydrogens (tertiary/aromatic N) is 1. The van der Waals surface area contributed by atoms with Crippen LogP contribution in [0.1, 0.15) is 48.8 Å². The summed E-state index contributed by atoms with van der Waals surface area (Å²) in [6.07, 6.45) is 2.05. The van der Waals surface area contributed by atoms with Crippen LogP contribution in [0, 0.1) is 11.7 Å². The van der Waals surface area contributed by atoms with E-state index in [1.54, 1.807) is 12.1 Å². The van der Waals surface area contributed by atoms with Gasteiger partial charge in [0.05, 0.1) is 6.10 Å². The Kier molecular flexibility index (Phi) is 7.86. The van der Waals surface area contributed by atoms with Gasteiger partial charge in [0.25, 0.3) is 0 Å². The molecule has 1 aliphatic heterocycles. The Morgan fingerprint density at radius 1 is 0.970 bits per heavy atom. The van der Waals surface area contributed by atoms with Crippen molar-refractivity contribution in [3.8, 4) is 0 Å². The number of hydrogen-bond donors (Lipinski definition) is 2. The molecule has 2 unspecified atom stereocenters. The summed E-state index contributed by atoms with van der Waals surface area (Å²) >= 11 is 0. The summed E-state index contributed by atoms with van der Waals surface area (Å²) < 4.78 is 13.2. The predicted octanol–water partition coefficient (Wildman–Crippen LogP) is 4.85. The first-order chi connectivity index (χ1) is 16.0. The Hall–Kier alpha value is -2.60. The molecule has 2 atom stereocenters. The molecule has 1 heterocycles. The first kappa shape index (κ1) is 23.6. The van der Waals surface area contributed by atoms with Gasteiger partial charge in [0, 0.05) is 25.5 Å². The van der Waals surface area contributed by atoms with Crippen LogP contribution in [0.15, 0.2) is 66.7 Å². The second-order valence-electron chi connectivity index (χ2n) is 9.06. The molecule has 0 aromatic heterocycles. The van der Waals surface area contributed by atoms with E-state index in [1.165, 1.54) is 17.5 Å². The minimum atomic E-state index is -0.481. The van der Waals surface area contributed by atoms with Crippen LogP contribution in [0.2, 0.25) is 0 Å². The lowest BCUT2D eigenvalue weighted by molar-refractivity contribution is -0.121. The number of piperidine rings is 1. The molecule has 1 aliphatic rings. The van der Waals surface area contributed by atoms with Gasteiger partial charge in [-0.15, -0.1) is 0 Å². The fourth-order valence-corrected chi connectivity index (χ4v) is 4.94. The molecule has 0 saturated carbocycles. The van der Waals surface area contributed by atoms with E-state index < -0.39 is 12.0 Å². The fraction of sp³-hybridized carbons (Fsp3) is 0.393. The first-order valence-electron chi connectivity index (χ1n) is 11.8. The number of ketones is 1. The summed E-state index contributed by atoms with van der Waals surface area (Å²) in [5.74, 6) is -0.445. The number of aliphatic hydroxyl groups is 2. The van der Waals surface area contributed by atoms with E-state index in [0.717, 1.165) is 42.4 Å². The monoisotopic (exact) mass is 449 g/mol. The maximum Gasteiger partial charge on any atom is 0.141 e. The summed E-state index contributed by atoms with van der Waals surface area (Å²) in [5.41, 5.74) is 1.72. The van der Waals surface area contributed by atoms with E-state index in [0.29, 0.717) is 19.4 Å². The molecule has 0 amide bonds. The van der Waals surface area contributed by atoms with Crippen molar-refractivity contribution in [1.29, 1.82) is 0 Å². The summed E-state index contributed by atoms with van der Waals surface area (Å²) in [5, 5.41) is 22.7. The van der Waals surface area contributed by atoms with E-state index >= 15 is 0 Å². The van der Waals surface area contributed by atoms with Crippen LogP contribution in [0.25, 0.3) is 10.8 Å². The van der Waals surface area contributed by atoms with E-state index in [4.69, 9.17) is 0 Å². The van der Waals surface area contributed by atoms with Crippen molar-refractivity contribution in [2.45, 2.75) is 37.7 Å². The third-order valence-electron chi connectivity index (χ3n) is 6.95. The van der Waals surface area contributed by atoms with Gasteiger partial charge in [-0.1, -0.05) is 48.5 Å². The van der Waals surface area contributed by atoms with Crippen LogP contribution in [0.4, 0.5) is 4.39 Å². The smallest absolute Gasteiger partial charge is 0.141 e. The Morgan fingerprint density at radius 3 is 2.33 bits per heavy atom. The normalized spacial score (nSPS) is 17.2. The standard InChI is InChI=1S/C28H32FNO3/c29-25-9-7-21(8-10-25)26(14-18-31)27(32)13-17-30-15-11-22(12-16-30)28(33)24-6-5-20-3-1-2-4-23(20)19-24/h1-10,19,22,26,28,31,33H,11-18H2. The molecule has 174 valence electrons. The SMILES string of the molecule is O=C(CCN1CCC(C(O)c2ccc3ccccc3c2)CC1)C(CCO)c1ccc(F)cc1. The van der Waals surface area contributed by atoms with Crippen LogP contribution >= 0.6 is 0 Å². The maximum atomic E-state index is 13.2. The van der Waals surface area contributed by atoms with Crippen molar-refractivity contribution in [3.05, 3.63) is 83.7 Å². The maximum absolute atomic E-state index is 13.2. The van der Waals surface area contributed by atoms with Crippen molar-refractivity contribution in [1.82, 2.24) is 4.90 Å². The van der Waals surface area contributed by atoms with Crippen LogP contribution in [0.5, 0.6) is 0 Å². The van der Waals surface area contributed by atoms with Gasteiger partial charge in [0.1, 0.15) is 11.6 Å². The molecule has 0 spiro atoms. The summed E-state index contributed by atoms with van der Waals surface area (Å²) in [7, 11) is 0. The van der Waals surface area contributed by atoms with Gasteiger partial charge in [0.15, 0.2) is 0 Å². The average molecular weight is 450 g/mol. The van der Waals surface area contributed by atoms with Gasteiger partial charge >= 0.3 is 0 Å². The number of likely N-dealkylation sites (tertiary alicyclic amines) is 1. The molecule has 1 fully saturated rings. The molecule has 4 rings (SSSR count). The molecule has 1 saturated heterocycles. The largest absolute Gasteiger partial charge is 0.396 e. The van der Waals surface area contributed by atoms with E-state index in [1.807, 2.05) is 18.2 Å². The highest BCUT2D eigenvalue weighted by Gasteiger charge is 2.27. The molecule has 33 heavy (non-hydrogen) atoms. The van der Waals surface area contributed by atoms with E-state index in [-0.39, 0.29) is 24.1 Å². The topological polar surface area (TPSA) is 60.8 Å². The Balaban J connectivity index is 1.29. The number of aliphatic hydroxyl groups excluding tert-OH is 2. The minimum absolute atomic E-state index is 0.0775. The summed E-state index contributed by atoms with van der Waals surface area (Å²) in [4.78, 5) is 15.1. The van der Waals surface area contributed by atoms with Gasteiger partial charge in [-0.25, -0.2) is 4.39 Å². The third-order valence-corrected chi connectivity index (χ3v) is 6.95. The molecule has 5 heteroatoms. The van der Waals surface area contributed by atoms with Crippen molar-refractivity contribution in [2.75, 3.05) is 26.2 Å². The highest BCUT2D eigenvalue weighted by molar-refractivity contribution is 5.86. The molecule has 3 aromatic carbocycles.